The minimum absolute atomic E-state index is 0.0388. The van der Waals surface area contributed by atoms with Gasteiger partial charge in [-0.2, -0.15) is 8.42 Å². The van der Waals surface area contributed by atoms with E-state index in [0.29, 0.717) is 6.42 Å². The molecule has 0 aromatic carbocycles. The fraction of sp³-hybridized carbons (Fsp3) is 0.375. The Morgan fingerprint density at radius 2 is 2.15 bits per heavy atom. The number of aliphatic hydroxyl groups is 1. The Morgan fingerprint density at radius 3 is 2.62 bits per heavy atom. The predicted molar refractivity (Wildman–Crippen MR) is 51.0 cm³/mol. The third kappa shape index (κ3) is 1.99. The van der Waals surface area contributed by atoms with Crippen molar-refractivity contribution in [2.24, 2.45) is 5.73 Å². The highest BCUT2D eigenvalue weighted by Gasteiger charge is 2.19. The van der Waals surface area contributed by atoms with Crippen LogP contribution >= 0.6 is 0 Å². The summed E-state index contributed by atoms with van der Waals surface area (Å²) in [7, 11) is -2.36. The van der Waals surface area contributed by atoms with Crippen molar-refractivity contribution in [1.29, 1.82) is 0 Å². The van der Waals surface area contributed by atoms with E-state index in [1.54, 1.807) is 0 Å². The van der Waals surface area contributed by atoms with Crippen molar-refractivity contribution in [3.63, 3.8) is 0 Å². The summed E-state index contributed by atoms with van der Waals surface area (Å²) >= 11 is 0. The summed E-state index contributed by atoms with van der Waals surface area (Å²) < 4.78 is 21.3. The molecule has 0 heterocycles. The van der Waals surface area contributed by atoms with Gasteiger partial charge >= 0.3 is 0 Å². The average molecular weight is 201 g/mol. The van der Waals surface area contributed by atoms with E-state index in [-0.39, 0.29) is 10.6 Å². The molecule has 0 bridgehead atoms. The standard InChI is InChI=1S/C8H11NO3S/c1-2-5-3-6(10)8(9)7(4-5)13(11)12/h3-4,8,10H,2,9H2,1H3. The smallest absolute Gasteiger partial charge is 0.219 e. The number of allylic oxidation sites excluding steroid dienone is 2. The Morgan fingerprint density at radius 1 is 1.54 bits per heavy atom. The summed E-state index contributed by atoms with van der Waals surface area (Å²) in [5.41, 5.74) is 6.21. The van der Waals surface area contributed by atoms with E-state index in [4.69, 9.17) is 5.73 Å². The SMILES string of the molecule is CCC1=CC(=S(=O)=O)C(N)C(O)=C1. The third-order valence-corrected chi connectivity index (χ3v) is 2.64. The molecule has 1 rings (SSSR count). The van der Waals surface area contributed by atoms with Crippen molar-refractivity contribution < 1.29 is 13.5 Å². The maximum absolute atomic E-state index is 10.7. The highest BCUT2D eigenvalue weighted by molar-refractivity contribution is 7.73. The number of nitrogens with two attached hydrogens (primary N) is 1. The molecule has 1 atom stereocenters. The van der Waals surface area contributed by atoms with Gasteiger partial charge in [0, 0.05) is 0 Å². The molecule has 0 radical (unpaired) electrons. The van der Waals surface area contributed by atoms with Crippen LogP contribution in [0.15, 0.2) is 23.5 Å². The van der Waals surface area contributed by atoms with E-state index in [1.807, 2.05) is 6.92 Å². The average Bonchev–Trinajstić information content (AvgIpc) is 2.09. The summed E-state index contributed by atoms with van der Waals surface area (Å²) in [6, 6.07) is -0.909. The van der Waals surface area contributed by atoms with Crippen molar-refractivity contribution in [3.05, 3.63) is 23.5 Å². The van der Waals surface area contributed by atoms with Crippen molar-refractivity contribution in [1.82, 2.24) is 0 Å². The van der Waals surface area contributed by atoms with Gasteiger partial charge in [0.1, 0.15) is 11.8 Å². The van der Waals surface area contributed by atoms with Gasteiger partial charge < -0.3 is 10.8 Å². The van der Waals surface area contributed by atoms with E-state index >= 15 is 0 Å². The fourth-order valence-corrected chi connectivity index (χ4v) is 1.67. The second-order valence-electron chi connectivity index (χ2n) is 2.76. The quantitative estimate of drug-likeness (QED) is 0.592. The number of aliphatic hydroxyl groups excluding tert-OH is 1. The Balaban J connectivity index is 3.26. The monoisotopic (exact) mass is 201 g/mol. The van der Waals surface area contributed by atoms with Gasteiger partial charge in [-0.1, -0.05) is 6.92 Å². The Bertz CT molecular complexity index is 395. The van der Waals surface area contributed by atoms with Crippen LogP contribution in [-0.4, -0.2) is 24.4 Å². The van der Waals surface area contributed by atoms with Crippen LogP contribution in [0.2, 0.25) is 0 Å². The summed E-state index contributed by atoms with van der Waals surface area (Å²) in [5.74, 6) is -0.0986. The van der Waals surface area contributed by atoms with Gasteiger partial charge in [0.2, 0.25) is 10.3 Å². The van der Waals surface area contributed by atoms with E-state index in [9.17, 15) is 13.5 Å². The zero-order chi connectivity index (χ0) is 10.0. The van der Waals surface area contributed by atoms with Gasteiger partial charge in [-0.3, -0.25) is 0 Å². The number of rotatable bonds is 1. The maximum atomic E-state index is 10.7. The lowest BCUT2D eigenvalue weighted by Gasteiger charge is -2.15. The molecule has 0 saturated heterocycles. The molecule has 5 heteroatoms. The van der Waals surface area contributed by atoms with Crippen LogP contribution in [0, 0.1) is 0 Å². The predicted octanol–water partition coefficient (Wildman–Crippen LogP) is 0.157. The van der Waals surface area contributed by atoms with Gasteiger partial charge in [0.25, 0.3) is 0 Å². The molecule has 1 aliphatic carbocycles. The largest absolute Gasteiger partial charge is 0.510 e. The minimum atomic E-state index is -2.36. The van der Waals surface area contributed by atoms with Gasteiger partial charge in [-0.05, 0) is 24.1 Å². The maximum Gasteiger partial charge on any atom is 0.219 e. The van der Waals surface area contributed by atoms with E-state index in [1.165, 1.54) is 12.2 Å². The van der Waals surface area contributed by atoms with Crippen LogP contribution in [0.25, 0.3) is 0 Å². The van der Waals surface area contributed by atoms with Crippen molar-refractivity contribution in [2.75, 3.05) is 0 Å². The molecule has 0 fully saturated rings. The van der Waals surface area contributed by atoms with Crippen molar-refractivity contribution >= 4 is 15.2 Å². The summed E-state index contributed by atoms with van der Waals surface area (Å²) in [4.78, 5) is 0.0388. The summed E-state index contributed by atoms with van der Waals surface area (Å²) in [6.45, 7) is 1.87. The Kier molecular flexibility index (Phi) is 2.90. The van der Waals surface area contributed by atoms with Crippen LogP contribution in [-0.2, 0) is 10.3 Å². The molecule has 0 spiro atoms. The molecule has 4 nitrogen and oxygen atoms in total. The molecule has 0 saturated carbocycles. The van der Waals surface area contributed by atoms with Crippen LogP contribution in [0.3, 0.4) is 0 Å². The normalized spacial score (nSPS) is 22.3. The molecular formula is C8H11NO3S. The van der Waals surface area contributed by atoms with E-state index in [2.05, 4.69) is 0 Å². The molecule has 0 aliphatic heterocycles. The van der Waals surface area contributed by atoms with Crippen LogP contribution in [0.1, 0.15) is 13.3 Å². The van der Waals surface area contributed by atoms with Crippen LogP contribution < -0.4 is 5.73 Å². The zero-order valence-electron chi connectivity index (χ0n) is 7.19. The first kappa shape index (κ1) is 10.0. The van der Waals surface area contributed by atoms with E-state index < -0.39 is 16.3 Å². The second-order valence-corrected chi connectivity index (χ2v) is 3.70. The van der Waals surface area contributed by atoms with Crippen molar-refractivity contribution in [2.45, 2.75) is 19.4 Å². The third-order valence-electron chi connectivity index (χ3n) is 1.89. The number of hydrogen-bond acceptors (Lipinski definition) is 4. The molecule has 0 aromatic heterocycles. The van der Waals surface area contributed by atoms with Gasteiger partial charge in [-0.15, -0.1) is 0 Å². The van der Waals surface area contributed by atoms with Gasteiger partial charge in [0.05, 0.1) is 4.86 Å². The summed E-state index contributed by atoms with van der Waals surface area (Å²) in [6.07, 6.45) is 3.66. The Labute approximate surface area is 77.9 Å². The lowest BCUT2D eigenvalue weighted by molar-refractivity contribution is 0.388. The second kappa shape index (κ2) is 3.76. The van der Waals surface area contributed by atoms with Crippen molar-refractivity contribution in [3.8, 4) is 0 Å². The topological polar surface area (TPSA) is 80.4 Å². The Hall–Kier alpha value is -1.07. The highest BCUT2D eigenvalue weighted by Crippen LogP contribution is 2.14. The minimum Gasteiger partial charge on any atom is -0.510 e. The lowest BCUT2D eigenvalue weighted by Crippen LogP contribution is -2.34. The number of hydrogen-bond donors (Lipinski definition) is 2. The van der Waals surface area contributed by atoms with E-state index in [0.717, 1.165) is 5.57 Å². The molecule has 13 heavy (non-hydrogen) atoms. The summed E-state index contributed by atoms with van der Waals surface area (Å²) in [5, 5.41) is 9.30. The van der Waals surface area contributed by atoms with Crippen LogP contribution in [0.5, 0.6) is 0 Å². The van der Waals surface area contributed by atoms with Gasteiger partial charge in [-0.25, -0.2) is 0 Å². The molecule has 0 aromatic rings. The molecule has 1 unspecified atom stereocenters. The van der Waals surface area contributed by atoms with Crippen LogP contribution in [0.4, 0.5) is 0 Å². The first-order chi connectivity index (χ1) is 6.06. The molecule has 72 valence electrons. The molecule has 0 amide bonds. The zero-order valence-corrected chi connectivity index (χ0v) is 8.00. The molecule has 3 N–H and O–H groups in total. The fourth-order valence-electron chi connectivity index (χ4n) is 1.10. The molecule has 1 aliphatic rings. The van der Waals surface area contributed by atoms with Gasteiger partial charge in [0.15, 0.2) is 0 Å². The first-order valence-electron chi connectivity index (χ1n) is 3.89. The first-order valence-corrected chi connectivity index (χ1v) is 4.96. The molecular weight excluding hydrogens is 190 g/mol. The highest BCUT2D eigenvalue weighted by atomic mass is 32.2. The lowest BCUT2D eigenvalue weighted by atomic mass is 10.0.